The number of benzene rings is 1. The van der Waals surface area contributed by atoms with Crippen molar-refractivity contribution in [2.75, 3.05) is 5.32 Å². The summed E-state index contributed by atoms with van der Waals surface area (Å²) >= 11 is 1.41. The van der Waals surface area contributed by atoms with E-state index in [9.17, 15) is 4.39 Å². The number of thiazole rings is 1. The van der Waals surface area contributed by atoms with Gasteiger partial charge in [0.1, 0.15) is 10.8 Å². The standard InChI is InChI=1S/C11H8FN3S/c12-8-1-3-9(4-2-8)15-10(7-13)11-14-5-6-16-11/h1-6,10,15H. The van der Waals surface area contributed by atoms with E-state index in [0.717, 1.165) is 0 Å². The molecule has 0 aliphatic carbocycles. The molecule has 0 fully saturated rings. The summed E-state index contributed by atoms with van der Waals surface area (Å²) in [4.78, 5) is 4.06. The third-order valence-corrected chi connectivity index (χ3v) is 2.82. The van der Waals surface area contributed by atoms with Gasteiger partial charge in [-0.2, -0.15) is 5.26 Å². The van der Waals surface area contributed by atoms with Gasteiger partial charge in [0, 0.05) is 17.3 Å². The summed E-state index contributed by atoms with van der Waals surface area (Å²) < 4.78 is 12.7. The highest BCUT2D eigenvalue weighted by Crippen LogP contribution is 2.20. The largest absolute Gasteiger partial charge is 0.364 e. The predicted octanol–water partition coefficient (Wildman–Crippen LogP) is 2.96. The van der Waals surface area contributed by atoms with Crippen molar-refractivity contribution in [1.82, 2.24) is 4.98 Å². The first kappa shape index (κ1) is 10.6. The Bertz CT molecular complexity index is 487. The van der Waals surface area contributed by atoms with Crippen molar-refractivity contribution in [3.63, 3.8) is 0 Å². The van der Waals surface area contributed by atoms with Crippen LogP contribution in [0.4, 0.5) is 10.1 Å². The summed E-state index contributed by atoms with van der Waals surface area (Å²) in [6.45, 7) is 0. The minimum Gasteiger partial charge on any atom is -0.364 e. The van der Waals surface area contributed by atoms with Crippen LogP contribution in [0.5, 0.6) is 0 Å². The van der Waals surface area contributed by atoms with E-state index >= 15 is 0 Å². The maximum Gasteiger partial charge on any atom is 0.166 e. The highest BCUT2D eigenvalue weighted by molar-refractivity contribution is 7.09. The van der Waals surface area contributed by atoms with Gasteiger partial charge in [0.15, 0.2) is 6.04 Å². The van der Waals surface area contributed by atoms with Crippen molar-refractivity contribution in [1.29, 1.82) is 5.26 Å². The monoisotopic (exact) mass is 233 g/mol. The maximum absolute atomic E-state index is 12.7. The van der Waals surface area contributed by atoms with Crippen LogP contribution in [-0.4, -0.2) is 4.98 Å². The number of nitrogens with zero attached hydrogens (tertiary/aromatic N) is 2. The third-order valence-electron chi connectivity index (χ3n) is 1.98. The molecule has 0 saturated heterocycles. The Morgan fingerprint density at radius 1 is 1.38 bits per heavy atom. The molecular weight excluding hydrogens is 225 g/mol. The molecule has 0 aliphatic rings. The molecule has 80 valence electrons. The first-order valence-electron chi connectivity index (χ1n) is 4.60. The van der Waals surface area contributed by atoms with Gasteiger partial charge in [-0.15, -0.1) is 11.3 Å². The highest BCUT2D eigenvalue weighted by Gasteiger charge is 2.12. The number of aromatic nitrogens is 1. The number of rotatable bonds is 3. The topological polar surface area (TPSA) is 48.7 Å². The van der Waals surface area contributed by atoms with Crippen LogP contribution in [-0.2, 0) is 0 Å². The predicted molar refractivity (Wildman–Crippen MR) is 60.5 cm³/mol. The van der Waals surface area contributed by atoms with Gasteiger partial charge in [-0.1, -0.05) is 0 Å². The van der Waals surface area contributed by atoms with Crippen LogP contribution in [0.2, 0.25) is 0 Å². The van der Waals surface area contributed by atoms with Gasteiger partial charge < -0.3 is 5.32 Å². The fraction of sp³-hybridized carbons (Fsp3) is 0.0909. The first-order chi connectivity index (χ1) is 7.79. The Morgan fingerprint density at radius 3 is 2.69 bits per heavy atom. The van der Waals surface area contributed by atoms with E-state index in [4.69, 9.17) is 5.26 Å². The second-order valence-electron chi connectivity index (χ2n) is 3.08. The third kappa shape index (κ3) is 2.35. The van der Waals surface area contributed by atoms with Crippen molar-refractivity contribution in [2.24, 2.45) is 0 Å². The molecule has 1 heterocycles. The second kappa shape index (κ2) is 4.73. The summed E-state index contributed by atoms with van der Waals surface area (Å²) in [6.07, 6.45) is 1.65. The first-order valence-corrected chi connectivity index (χ1v) is 5.48. The molecule has 0 radical (unpaired) electrons. The maximum atomic E-state index is 12.7. The molecule has 2 rings (SSSR count). The lowest BCUT2D eigenvalue weighted by Gasteiger charge is -2.09. The zero-order chi connectivity index (χ0) is 11.4. The molecule has 0 aliphatic heterocycles. The molecule has 1 aromatic carbocycles. The normalized spacial score (nSPS) is 11.8. The van der Waals surface area contributed by atoms with E-state index in [1.54, 1.807) is 18.3 Å². The lowest BCUT2D eigenvalue weighted by molar-refractivity contribution is 0.628. The molecular formula is C11H8FN3S. The number of nitriles is 1. The summed E-state index contributed by atoms with van der Waals surface area (Å²) in [5, 5.41) is 14.5. The van der Waals surface area contributed by atoms with E-state index in [-0.39, 0.29) is 5.82 Å². The number of hydrogen-bond donors (Lipinski definition) is 1. The Labute approximate surface area is 96.2 Å². The molecule has 1 unspecified atom stereocenters. The van der Waals surface area contributed by atoms with Crippen LogP contribution in [0.1, 0.15) is 11.0 Å². The van der Waals surface area contributed by atoms with E-state index in [2.05, 4.69) is 16.4 Å². The summed E-state index contributed by atoms with van der Waals surface area (Å²) in [7, 11) is 0. The summed E-state index contributed by atoms with van der Waals surface area (Å²) in [5.41, 5.74) is 0.697. The molecule has 0 bridgehead atoms. The average Bonchev–Trinajstić information content (AvgIpc) is 2.82. The molecule has 5 heteroatoms. The fourth-order valence-corrected chi connectivity index (χ4v) is 1.87. The Morgan fingerprint density at radius 2 is 2.12 bits per heavy atom. The van der Waals surface area contributed by atoms with Crippen LogP contribution < -0.4 is 5.32 Å². The van der Waals surface area contributed by atoms with Crippen molar-refractivity contribution in [3.8, 4) is 6.07 Å². The second-order valence-corrected chi connectivity index (χ2v) is 4.01. The highest BCUT2D eigenvalue weighted by atomic mass is 32.1. The lowest BCUT2D eigenvalue weighted by atomic mass is 10.2. The van der Waals surface area contributed by atoms with Crippen LogP contribution in [0.3, 0.4) is 0 Å². The van der Waals surface area contributed by atoms with E-state index < -0.39 is 6.04 Å². The number of anilines is 1. The molecule has 1 atom stereocenters. The minimum absolute atomic E-state index is 0.298. The Kier molecular flexibility index (Phi) is 3.13. The molecule has 0 saturated carbocycles. The van der Waals surface area contributed by atoms with Crippen molar-refractivity contribution < 1.29 is 4.39 Å². The molecule has 0 spiro atoms. The van der Waals surface area contributed by atoms with Gasteiger partial charge in [-0.25, -0.2) is 9.37 Å². The van der Waals surface area contributed by atoms with Crippen LogP contribution >= 0.6 is 11.3 Å². The van der Waals surface area contributed by atoms with Gasteiger partial charge >= 0.3 is 0 Å². The molecule has 0 amide bonds. The number of nitrogens with one attached hydrogen (secondary N) is 1. The number of halogens is 1. The molecule has 16 heavy (non-hydrogen) atoms. The Balaban J connectivity index is 2.14. The molecule has 2 aromatic rings. The number of hydrogen-bond acceptors (Lipinski definition) is 4. The van der Waals surface area contributed by atoms with Crippen molar-refractivity contribution >= 4 is 17.0 Å². The van der Waals surface area contributed by atoms with Crippen LogP contribution in [0.15, 0.2) is 35.8 Å². The van der Waals surface area contributed by atoms with Gasteiger partial charge in [0.05, 0.1) is 6.07 Å². The molecule has 1 aromatic heterocycles. The van der Waals surface area contributed by atoms with Gasteiger partial charge in [-0.3, -0.25) is 0 Å². The van der Waals surface area contributed by atoms with E-state index in [0.29, 0.717) is 10.7 Å². The van der Waals surface area contributed by atoms with E-state index in [1.165, 1.54) is 23.5 Å². The zero-order valence-corrected chi connectivity index (χ0v) is 9.04. The fourth-order valence-electron chi connectivity index (χ4n) is 1.24. The van der Waals surface area contributed by atoms with Gasteiger partial charge in [-0.05, 0) is 24.3 Å². The van der Waals surface area contributed by atoms with Crippen LogP contribution in [0.25, 0.3) is 0 Å². The summed E-state index contributed by atoms with van der Waals surface area (Å²) in [5.74, 6) is -0.298. The quantitative estimate of drug-likeness (QED) is 0.886. The van der Waals surface area contributed by atoms with Crippen molar-refractivity contribution in [2.45, 2.75) is 6.04 Å². The van der Waals surface area contributed by atoms with Gasteiger partial charge in [0.25, 0.3) is 0 Å². The molecule has 3 nitrogen and oxygen atoms in total. The van der Waals surface area contributed by atoms with Gasteiger partial charge in [0.2, 0.25) is 0 Å². The molecule has 1 N–H and O–H groups in total. The van der Waals surface area contributed by atoms with Crippen molar-refractivity contribution in [3.05, 3.63) is 46.7 Å². The summed E-state index contributed by atoms with van der Waals surface area (Å²) in [6, 6.07) is 7.49. The zero-order valence-electron chi connectivity index (χ0n) is 8.22. The lowest BCUT2D eigenvalue weighted by Crippen LogP contribution is -2.07. The SMILES string of the molecule is N#CC(Nc1ccc(F)cc1)c1nccs1. The smallest absolute Gasteiger partial charge is 0.166 e. The minimum atomic E-state index is -0.495. The average molecular weight is 233 g/mol. The Hall–Kier alpha value is -1.93. The van der Waals surface area contributed by atoms with E-state index in [1.807, 2.05) is 5.38 Å². The van der Waals surface area contributed by atoms with Crippen LogP contribution in [0, 0.1) is 17.1 Å².